The number of hydrogen-bond acceptors (Lipinski definition) is 4. The average molecular weight is 262 g/mol. The molecule has 0 aliphatic carbocycles. The molecule has 0 spiro atoms. The molecule has 2 aliphatic rings. The van der Waals surface area contributed by atoms with Crippen LogP contribution in [0.1, 0.15) is 23.2 Å². The molecule has 5 nitrogen and oxygen atoms in total. The topological polar surface area (TPSA) is 64.8 Å². The molecule has 2 aliphatic heterocycles. The zero-order chi connectivity index (χ0) is 13.2. The first-order valence-electron chi connectivity index (χ1n) is 6.67. The summed E-state index contributed by atoms with van der Waals surface area (Å²) < 4.78 is 10.5. The molecule has 0 radical (unpaired) electrons. The van der Waals surface area contributed by atoms with E-state index in [4.69, 9.17) is 15.2 Å². The van der Waals surface area contributed by atoms with E-state index >= 15 is 0 Å². The van der Waals surface area contributed by atoms with E-state index in [0.29, 0.717) is 29.5 Å². The van der Waals surface area contributed by atoms with Crippen LogP contribution in [-0.4, -0.2) is 37.2 Å². The zero-order valence-electron chi connectivity index (χ0n) is 10.8. The van der Waals surface area contributed by atoms with Gasteiger partial charge >= 0.3 is 0 Å². The second kappa shape index (κ2) is 5.09. The number of ether oxygens (including phenoxy) is 2. The van der Waals surface area contributed by atoms with Gasteiger partial charge in [0.05, 0.1) is 0 Å². The second-order valence-corrected chi connectivity index (χ2v) is 5.05. The second-order valence-electron chi connectivity index (χ2n) is 5.05. The Morgan fingerprint density at radius 1 is 1.37 bits per heavy atom. The molecule has 1 fully saturated rings. The number of nitrogens with two attached hydrogens (primary N) is 1. The third kappa shape index (κ3) is 2.38. The van der Waals surface area contributed by atoms with Crippen LogP contribution < -0.4 is 15.2 Å². The van der Waals surface area contributed by atoms with Crippen LogP contribution in [0.2, 0.25) is 0 Å². The largest absolute Gasteiger partial charge is 0.454 e. The SMILES string of the molecule is NCCC1CCN(C(=O)c2ccc3c(c2)OCO3)C1. The Hall–Kier alpha value is -1.75. The van der Waals surface area contributed by atoms with Gasteiger partial charge in [-0.15, -0.1) is 0 Å². The highest BCUT2D eigenvalue weighted by atomic mass is 16.7. The summed E-state index contributed by atoms with van der Waals surface area (Å²) in [5.41, 5.74) is 6.23. The lowest BCUT2D eigenvalue weighted by molar-refractivity contribution is 0.0786. The Morgan fingerprint density at radius 3 is 3.05 bits per heavy atom. The molecule has 1 aromatic carbocycles. The van der Waals surface area contributed by atoms with E-state index in [1.54, 1.807) is 18.2 Å². The van der Waals surface area contributed by atoms with Crippen molar-refractivity contribution < 1.29 is 14.3 Å². The number of fused-ring (bicyclic) bond motifs is 1. The summed E-state index contributed by atoms with van der Waals surface area (Å²) in [4.78, 5) is 14.3. The van der Waals surface area contributed by atoms with Crippen molar-refractivity contribution in [3.63, 3.8) is 0 Å². The van der Waals surface area contributed by atoms with Gasteiger partial charge in [-0.1, -0.05) is 0 Å². The van der Waals surface area contributed by atoms with Crippen LogP contribution in [0.5, 0.6) is 11.5 Å². The molecule has 1 amide bonds. The summed E-state index contributed by atoms with van der Waals surface area (Å²) in [6.45, 7) is 2.55. The van der Waals surface area contributed by atoms with Gasteiger partial charge in [-0.2, -0.15) is 0 Å². The number of carbonyl (C=O) groups is 1. The Labute approximate surface area is 112 Å². The Bertz CT molecular complexity index is 490. The fraction of sp³-hybridized carbons (Fsp3) is 0.500. The summed E-state index contributed by atoms with van der Waals surface area (Å²) in [5.74, 6) is 1.98. The molecule has 1 atom stereocenters. The number of hydrogen-bond donors (Lipinski definition) is 1. The third-order valence-corrected chi connectivity index (χ3v) is 3.77. The van der Waals surface area contributed by atoms with E-state index < -0.39 is 0 Å². The fourth-order valence-electron chi connectivity index (χ4n) is 2.70. The molecule has 2 N–H and O–H groups in total. The molecule has 1 saturated heterocycles. The fourth-order valence-corrected chi connectivity index (χ4v) is 2.70. The predicted molar refractivity (Wildman–Crippen MR) is 70.2 cm³/mol. The van der Waals surface area contributed by atoms with Crippen molar-refractivity contribution in [2.75, 3.05) is 26.4 Å². The van der Waals surface area contributed by atoms with Gasteiger partial charge in [0.1, 0.15) is 0 Å². The van der Waals surface area contributed by atoms with E-state index in [2.05, 4.69) is 0 Å². The van der Waals surface area contributed by atoms with Crippen molar-refractivity contribution in [1.82, 2.24) is 4.90 Å². The molecule has 0 bridgehead atoms. The van der Waals surface area contributed by atoms with Gasteiger partial charge in [0.2, 0.25) is 6.79 Å². The summed E-state index contributed by atoms with van der Waals surface area (Å²) >= 11 is 0. The highest BCUT2D eigenvalue weighted by molar-refractivity contribution is 5.95. The maximum atomic E-state index is 12.4. The van der Waals surface area contributed by atoms with Gasteiger partial charge in [0.25, 0.3) is 5.91 Å². The van der Waals surface area contributed by atoms with Crippen molar-refractivity contribution in [2.45, 2.75) is 12.8 Å². The average Bonchev–Trinajstić information content (AvgIpc) is 3.05. The van der Waals surface area contributed by atoms with Gasteiger partial charge in [-0.3, -0.25) is 4.79 Å². The Morgan fingerprint density at radius 2 is 2.21 bits per heavy atom. The van der Waals surface area contributed by atoms with Crippen LogP contribution in [0.15, 0.2) is 18.2 Å². The predicted octanol–water partition coefficient (Wildman–Crippen LogP) is 1.23. The maximum Gasteiger partial charge on any atom is 0.254 e. The highest BCUT2D eigenvalue weighted by Crippen LogP contribution is 2.33. The van der Waals surface area contributed by atoms with E-state index in [0.717, 1.165) is 25.9 Å². The van der Waals surface area contributed by atoms with Crippen LogP contribution in [-0.2, 0) is 0 Å². The molecule has 5 heteroatoms. The summed E-state index contributed by atoms with van der Waals surface area (Å²) in [5, 5.41) is 0. The van der Waals surface area contributed by atoms with Crippen LogP contribution in [0, 0.1) is 5.92 Å². The van der Waals surface area contributed by atoms with Crippen LogP contribution in [0.3, 0.4) is 0 Å². The third-order valence-electron chi connectivity index (χ3n) is 3.77. The minimum atomic E-state index is 0.0674. The van der Waals surface area contributed by atoms with E-state index in [1.807, 2.05) is 4.90 Å². The highest BCUT2D eigenvalue weighted by Gasteiger charge is 2.27. The lowest BCUT2D eigenvalue weighted by Crippen LogP contribution is -2.28. The number of likely N-dealkylation sites (tertiary alicyclic amines) is 1. The minimum Gasteiger partial charge on any atom is -0.454 e. The molecular formula is C14H18N2O3. The van der Waals surface area contributed by atoms with Crippen molar-refractivity contribution in [2.24, 2.45) is 11.7 Å². The molecule has 0 aromatic heterocycles. The lowest BCUT2D eigenvalue weighted by atomic mass is 10.1. The molecule has 102 valence electrons. The molecule has 3 rings (SSSR count). The van der Waals surface area contributed by atoms with Gasteiger partial charge in [0, 0.05) is 18.7 Å². The molecule has 2 heterocycles. The summed E-state index contributed by atoms with van der Waals surface area (Å²) in [6, 6.07) is 5.36. The minimum absolute atomic E-state index is 0.0674. The monoisotopic (exact) mass is 262 g/mol. The van der Waals surface area contributed by atoms with Crippen molar-refractivity contribution in [3.05, 3.63) is 23.8 Å². The number of carbonyl (C=O) groups excluding carboxylic acids is 1. The van der Waals surface area contributed by atoms with Gasteiger partial charge in [-0.05, 0) is 43.5 Å². The Balaban J connectivity index is 1.71. The lowest BCUT2D eigenvalue weighted by Gasteiger charge is -2.16. The van der Waals surface area contributed by atoms with Crippen molar-refractivity contribution in [3.8, 4) is 11.5 Å². The quantitative estimate of drug-likeness (QED) is 0.889. The normalized spacial score (nSPS) is 20.9. The number of benzene rings is 1. The number of rotatable bonds is 3. The summed E-state index contributed by atoms with van der Waals surface area (Å²) in [6.07, 6.45) is 2.04. The molecule has 19 heavy (non-hydrogen) atoms. The van der Waals surface area contributed by atoms with Crippen LogP contribution in [0.25, 0.3) is 0 Å². The molecule has 0 saturated carbocycles. The van der Waals surface area contributed by atoms with Gasteiger partial charge in [0.15, 0.2) is 11.5 Å². The van der Waals surface area contributed by atoms with E-state index in [9.17, 15) is 4.79 Å². The zero-order valence-corrected chi connectivity index (χ0v) is 10.8. The number of amides is 1. The van der Waals surface area contributed by atoms with Crippen LogP contribution in [0.4, 0.5) is 0 Å². The Kier molecular flexibility index (Phi) is 3.29. The van der Waals surface area contributed by atoms with Crippen molar-refractivity contribution in [1.29, 1.82) is 0 Å². The van der Waals surface area contributed by atoms with Crippen molar-refractivity contribution >= 4 is 5.91 Å². The van der Waals surface area contributed by atoms with E-state index in [-0.39, 0.29) is 12.7 Å². The van der Waals surface area contributed by atoms with E-state index in [1.165, 1.54) is 0 Å². The van der Waals surface area contributed by atoms with Gasteiger partial charge in [-0.25, -0.2) is 0 Å². The molecule has 1 unspecified atom stereocenters. The number of nitrogens with zero attached hydrogens (tertiary/aromatic N) is 1. The molecular weight excluding hydrogens is 244 g/mol. The maximum absolute atomic E-state index is 12.4. The standard InChI is InChI=1S/C14H18N2O3/c15-5-3-10-4-6-16(8-10)14(17)11-1-2-12-13(7-11)19-9-18-12/h1-2,7,10H,3-6,8-9,15H2. The van der Waals surface area contributed by atoms with Crippen LogP contribution >= 0.6 is 0 Å². The first kappa shape index (κ1) is 12.3. The first-order chi connectivity index (χ1) is 9.28. The summed E-state index contributed by atoms with van der Waals surface area (Å²) in [7, 11) is 0. The molecule has 1 aromatic rings. The van der Waals surface area contributed by atoms with Gasteiger partial charge < -0.3 is 20.1 Å². The smallest absolute Gasteiger partial charge is 0.254 e. The first-order valence-corrected chi connectivity index (χ1v) is 6.67.